The minimum atomic E-state index is -0.418. The van der Waals surface area contributed by atoms with Crippen LogP contribution in [0.5, 0.6) is 0 Å². The van der Waals surface area contributed by atoms with E-state index in [-0.39, 0.29) is 5.82 Å². The molecule has 0 heterocycles. The predicted molar refractivity (Wildman–Crippen MR) is 71.6 cm³/mol. The summed E-state index contributed by atoms with van der Waals surface area (Å²) >= 11 is 1.29. The van der Waals surface area contributed by atoms with Crippen LogP contribution in [-0.4, -0.2) is 5.75 Å². The summed E-state index contributed by atoms with van der Waals surface area (Å²) in [5.41, 5.74) is 7.57. The summed E-state index contributed by atoms with van der Waals surface area (Å²) in [7, 11) is 0. The molecule has 0 aliphatic heterocycles. The zero-order valence-corrected chi connectivity index (χ0v) is 10.5. The van der Waals surface area contributed by atoms with Crippen molar-refractivity contribution in [2.45, 2.75) is 11.3 Å². The molecule has 0 saturated carbocycles. The van der Waals surface area contributed by atoms with Crippen LogP contribution in [0.4, 0.5) is 14.5 Å². The van der Waals surface area contributed by atoms with Crippen molar-refractivity contribution < 1.29 is 8.78 Å². The lowest BCUT2D eigenvalue weighted by Crippen LogP contribution is -1.96. The quantitative estimate of drug-likeness (QED) is 0.670. The summed E-state index contributed by atoms with van der Waals surface area (Å²) in [6.07, 6.45) is 0.729. The number of halogens is 2. The molecule has 0 saturated heterocycles. The fourth-order valence-corrected chi connectivity index (χ4v) is 2.56. The van der Waals surface area contributed by atoms with Crippen molar-refractivity contribution in [2.24, 2.45) is 0 Å². The van der Waals surface area contributed by atoms with Crippen LogP contribution in [0.3, 0.4) is 0 Å². The van der Waals surface area contributed by atoms with E-state index in [1.807, 2.05) is 24.3 Å². The molecule has 0 aromatic heterocycles. The molecule has 2 aromatic rings. The van der Waals surface area contributed by atoms with Crippen LogP contribution in [0, 0.1) is 11.6 Å². The predicted octanol–water partition coefficient (Wildman–Crippen LogP) is 3.88. The van der Waals surface area contributed by atoms with E-state index in [0.717, 1.165) is 29.8 Å². The summed E-state index contributed by atoms with van der Waals surface area (Å²) in [6.45, 7) is 0. The highest BCUT2D eigenvalue weighted by Crippen LogP contribution is 2.24. The number of aryl methyl sites for hydroxylation is 1. The van der Waals surface area contributed by atoms with E-state index < -0.39 is 5.82 Å². The molecule has 2 aromatic carbocycles. The Kier molecular flexibility index (Phi) is 4.20. The van der Waals surface area contributed by atoms with Gasteiger partial charge < -0.3 is 5.73 Å². The van der Waals surface area contributed by atoms with E-state index in [4.69, 9.17) is 5.73 Å². The van der Waals surface area contributed by atoms with Gasteiger partial charge >= 0.3 is 0 Å². The average Bonchev–Trinajstić information content (AvgIpc) is 2.36. The maximum atomic E-state index is 13.4. The van der Waals surface area contributed by atoms with Crippen molar-refractivity contribution in [1.82, 2.24) is 0 Å². The Balaban J connectivity index is 1.96. The monoisotopic (exact) mass is 265 g/mol. The summed E-state index contributed by atoms with van der Waals surface area (Å²) in [5, 5.41) is 0. The Morgan fingerprint density at radius 1 is 1.06 bits per heavy atom. The molecule has 0 atom stereocenters. The number of benzene rings is 2. The van der Waals surface area contributed by atoms with Gasteiger partial charge in [0.15, 0.2) is 0 Å². The van der Waals surface area contributed by atoms with Crippen molar-refractivity contribution in [3.63, 3.8) is 0 Å². The minimum Gasteiger partial charge on any atom is -0.399 e. The standard InChI is InChI=1S/C14H13F2NS/c15-11-5-6-12(16)14(9-11)18-8-7-10-3-1-2-4-13(10)17/h1-6,9H,7-8,17H2. The van der Waals surface area contributed by atoms with Crippen molar-refractivity contribution in [1.29, 1.82) is 0 Å². The zero-order chi connectivity index (χ0) is 13.0. The first-order valence-corrected chi connectivity index (χ1v) is 6.56. The SMILES string of the molecule is Nc1ccccc1CCSc1cc(F)ccc1F. The molecule has 0 bridgehead atoms. The molecule has 0 fully saturated rings. The van der Waals surface area contributed by atoms with Crippen LogP contribution >= 0.6 is 11.8 Å². The topological polar surface area (TPSA) is 26.0 Å². The third-order valence-corrected chi connectivity index (χ3v) is 3.61. The maximum Gasteiger partial charge on any atom is 0.136 e. The Morgan fingerprint density at radius 2 is 1.83 bits per heavy atom. The van der Waals surface area contributed by atoms with Gasteiger partial charge in [-0.2, -0.15) is 0 Å². The minimum absolute atomic E-state index is 0.338. The normalized spacial score (nSPS) is 10.6. The van der Waals surface area contributed by atoms with Gasteiger partial charge in [0.1, 0.15) is 11.6 Å². The number of para-hydroxylation sites is 1. The first-order valence-electron chi connectivity index (χ1n) is 5.58. The molecule has 0 aliphatic rings. The molecule has 1 nitrogen and oxygen atoms in total. The van der Waals surface area contributed by atoms with Gasteiger partial charge in [-0.25, -0.2) is 8.78 Å². The molecule has 0 aliphatic carbocycles. The van der Waals surface area contributed by atoms with Crippen LogP contribution in [0.2, 0.25) is 0 Å². The molecule has 18 heavy (non-hydrogen) atoms. The fraction of sp³-hybridized carbons (Fsp3) is 0.143. The Morgan fingerprint density at radius 3 is 2.61 bits per heavy atom. The van der Waals surface area contributed by atoms with E-state index in [1.165, 1.54) is 17.8 Å². The number of rotatable bonds is 4. The molecule has 4 heteroatoms. The van der Waals surface area contributed by atoms with Crippen LogP contribution < -0.4 is 5.73 Å². The molecule has 0 amide bonds. The van der Waals surface area contributed by atoms with Crippen molar-refractivity contribution >= 4 is 17.4 Å². The third kappa shape index (κ3) is 3.23. The summed E-state index contributed by atoms with van der Waals surface area (Å²) < 4.78 is 26.3. The lowest BCUT2D eigenvalue weighted by molar-refractivity contribution is 0.577. The van der Waals surface area contributed by atoms with Gasteiger partial charge in [-0.1, -0.05) is 18.2 Å². The van der Waals surface area contributed by atoms with E-state index in [2.05, 4.69) is 0 Å². The molecular weight excluding hydrogens is 252 g/mol. The zero-order valence-electron chi connectivity index (χ0n) is 9.70. The number of nitrogen functional groups attached to an aromatic ring is 1. The highest BCUT2D eigenvalue weighted by Gasteiger charge is 2.05. The van der Waals surface area contributed by atoms with E-state index >= 15 is 0 Å². The lowest BCUT2D eigenvalue weighted by Gasteiger charge is -2.06. The summed E-state index contributed by atoms with van der Waals surface area (Å²) in [6, 6.07) is 11.1. The molecule has 2 N–H and O–H groups in total. The Hall–Kier alpha value is -1.55. The van der Waals surface area contributed by atoms with Gasteiger partial charge in [0.05, 0.1) is 0 Å². The van der Waals surface area contributed by atoms with Crippen LogP contribution in [0.15, 0.2) is 47.4 Å². The van der Waals surface area contributed by atoms with Crippen LogP contribution in [-0.2, 0) is 6.42 Å². The van der Waals surface area contributed by atoms with Crippen molar-refractivity contribution in [2.75, 3.05) is 11.5 Å². The molecule has 0 unspecified atom stereocenters. The van der Waals surface area contributed by atoms with Gasteiger partial charge in [-0.3, -0.25) is 0 Å². The number of anilines is 1. The Labute approximate surface area is 109 Å². The maximum absolute atomic E-state index is 13.4. The molecule has 2 rings (SSSR count). The van der Waals surface area contributed by atoms with E-state index in [9.17, 15) is 8.78 Å². The van der Waals surface area contributed by atoms with Gasteiger partial charge in [0.25, 0.3) is 0 Å². The Bertz CT molecular complexity index is 543. The number of thioether (sulfide) groups is 1. The van der Waals surface area contributed by atoms with Crippen LogP contribution in [0.25, 0.3) is 0 Å². The summed E-state index contributed by atoms with van der Waals surface area (Å²) in [5.74, 6) is -0.144. The number of nitrogens with two attached hydrogens (primary N) is 1. The van der Waals surface area contributed by atoms with Crippen molar-refractivity contribution in [3.8, 4) is 0 Å². The lowest BCUT2D eigenvalue weighted by atomic mass is 10.1. The van der Waals surface area contributed by atoms with Crippen molar-refractivity contribution in [3.05, 3.63) is 59.7 Å². The molecular formula is C14H13F2NS. The third-order valence-electron chi connectivity index (χ3n) is 2.58. The number of hydrogen-bond donors (Lipinski definition) is 1. The molecule has 0 spiro atoms. The van der Waals surface area contributed by atoms with Gasteiger partial charge in [-0.05, 0) is 36.2 Å². The van der Waals surface area contributed by atoms with Crippen LogP contribution in [0.1, 0.15) is 5.56 Å². The van der Waals surface area contributed by atoms with Gasteiger partial charge in [0, 0.05) is 16.3 Å². The second-order valence-electron chi connectivity index (χ2n) is 3.87. The summed E-state index contributed by atoms with van der Waals surface area (Å²) in [4.78, 5) is 0.338. The molecule has 0 radical (unpaired) electrons. The van der Waals surface area contributed by atoms with Gasteiger partial charge in [-0.15, -0.1) is 11.8 Å². The number of hydrogen-bond acceptors (Lipinski definition) is 2. The van der Waals surface area contributed by atoms with E-state index in [0.29, 0.717) is 10.6 Å². The first kappa shape index (κ1) is 12.9. The second kappa shape index (κ2) is 5.87. The van der Waals surface area contributed by atoms with E-state index in [1.54, 1.807) is 0 Å². The van der Waals surface area contributed by atoms with Gasteiger partial charge in [0.2, 0.25) is 0 Å². The highest BCUT2D eigenvalue weighted by molar-refractivity contribution is 7.99. The fourth-order valence-electron chi connectivity index (χ4n) is 1.62. The highest BCUT2D eigenvalue weighted by atomic mass is 32.2. The smallest absolute Gasteiger partial charge is 0.136 e. The molecule has 94 valence electrons. The first-order chi connectivity index (χ1) is 8.66. The average molecular weight is 265 g/mol. The largest absolute Gasteiger partial charge is 0.399 e. The second-order valence-corrected chi connectivity index (χ2v) is 5.01.